The Balaban J connectivity index is 0.000000218. The van der Waals surface area contributed by atoms with Crippen LogP contribution in [0.5, 0.6) is 0 Å². The second kappa shape index (κ2) is 6.62. The number of carboxylic acid groups (broad SMARTS) is 1. The van der Waals surface area contributed by atoms with Crippen molar-refractivity contribution in [2.24, 2.45) is 0 Å². The van der Waals surface area contributed by atoms with Gasteiger partial charge in [0.2, 0.25) is 0 Å². The number of hydrogen-bond acceptors (Lipinski definition) is 5. The summed E-state index contributed by atoms with van der Waals surface area (Å²) >= 11 is 5.98. The van der Waals surface area contributed by atoms with Crippen LogP contribution in [0.3, 0.4) is 0 Å². The van der Waals surface area contributed by atoms with Gasteiger partial charge in [0.05, 0.1) is 0 Å². The summed E-state index contributed by atoms with van der Waals surface area (Å²) in [5.41, 5.74) is 0. The molecule has 0 bridgehead atoms. The maximum atomic E-state index is 12.0. The fourth-order valence-corrected chi connectivity index (χ4v) is 1.90. The molecule has 0 radical (unpaired) electrons. The Kier molecular flexibility index (Phi) is 5.43. The van der Waals surface area contributed by atoms with E-state index in [1.165, 1.54) is 0 Å². The van der Waals surface area contributed by atoms with Crippen LogP contribution in [0.25, 0.3) is 0 Å². The van der Waals surface area contributed by atoms with Gasteiger partial charge in [-0.05, 0) is 17.5 Å². The third-order valence-electron chi connectivity index (χ3n) is 1.73. The van der Waals surface area contributed by atoms with Gasteiger partial charge in [0.1, 0.15) is 0 Å². The maximum absolute atomic E-state index is 12.0. The lowest BCUT2D eigenvalue weighted by Crippen LogP contribution is -2.41. The Morgan fingerprint density at radius 3 is 2.53 bits per heavy atom. The molecule has 5 nitrogen and oxygen atoms in total. The molecule has 1 unspecified atom stereocenters. The molecular formula is C9H7ClF3N3O2S. The molecular weight excluding hydrogens is 307 g/mol. The molecule has 0 spiro atoms. The molecule has 0 amide bonds. The third kappa shape index (κ3) is 4.95. The molecule has 1 aliphatic heterocycles. The van der Waals surface area contributed by atoms with Crippen molar-refractivity contribution in [3.8, 4) is 0 Å². The Bertz CT molecular complexity index is 458. The van der Waals surface area contributed by atoms with Crippen LogP contribution in [0.1, 0.15) is 0 Å². The number of rotatable bonds is 1. The van der Waals surface area contributed by atoms with Crippen molar-refractivity contribution in [3.05, 3.63) is 35.1 Å². The van der Waals surface area contributed by atoms with Gasteiger partial charge in [0.25, 0.3) is 0 Å². The van der Waals surface area contributed by atoms with E-state index in [1.807, 2.05) is 0 Å². The second-order valence-corrected chi connectivity index (χ2v) is 4.41. The van der Waals surface area contributed by atoms with Crippen molar-refractivity contribution in [2.75, 3.05) is 0 Å². The molecule has 2 heterocycles. The molecule has 0 saturated heterocycles. The van der Waals surface area contributed by atoms with E-state index in [1.54, 1.807) is 18.3 Å². The first-order valence-electron chi connectivity index (χ1n) is 4.65. The number of carbonyl (C=O) groups is 1. The van der Waals surface area contributed by atoms with Crippen molar-refractivity contribution < 1.29 is 23.1 Å². The number of hydrogen-bond donors (Lipinski definition) is 1. The lowest BCUT2D eigenvalue weighted by atomic mass is 10.5. The minimum Gasteiger partial charge on any atom is -0.479 e. The molecule has 0 fully saturated rings. The van der Waals surface area contributed by atoms with E-state index in [0.29, 0.717) is 23.1 Å². The van der Waals surface area contributed by atoms with E-state index in [0.717, 1.165) is 5.41 Å². The first kappa shape index (κ1) is 15.6. The molecule has 2 rings (SSSR count). The lowest BCUT2D eigenvalue weighted by Gasteiger charge is -2.23. The van der Waals surface area contributed by atoms with E-state index in [4.69, 9.17) is 16.7 Å². The van der Waals surface area contributed by atoms with Crippen LogP contribution >= 0.6 is 23.4 Å². The summed E-state index contributed by atoms with van der Waals surface area (Å²) in [6.07, 6.45) is -2.33. The standard InChI is InChI=1S/C5H4F3NO2S.C4H3ClN2/c6-5(7,8)9-1-2-12-3(9)4(10)11;5-4-2-1-3-6-7-4/h1-3H,(H,10,11);1-3H. The predicted octanol–water partition coefficient (Wildman–Crippen LogP) is 2.57. The lowest BCUT2D eigenvalue weighted by molar-refractivity contribution is -0.231. The number of thioether (sulfide) groups is 1. The topological polar surface area (TPSA) is 66.3 Å². The fourth-order valence-electron chi connectivity index (χ4n) is 0.996. The van der Waals surface area contributed by atoms with Crippen LogP contribution in [0.15, 0.2) is 29.9 Å². The Labute approximate surface area is 115 Å². The molecule has 10 heteroatoms. The maximum Gasteiger partial charge on any atom is 0.485 e. The molecule has 1 atom stereocenters. The van der Waals surface area contributed by atoms with Crippen molar-refractivity contribution in [3.63, 3.8) is 0 Å². The highest BCUT2D eigenvalue weighted by atomic mass is 35.5. The minimum absolute atomic E-state index is 0.153. The number of halogens is 4. The minimum atomic E-state index is -4.62. The van der Waals surface area contributed by atoms with E-state index >= 15 is 0 Å². The summed E-state index contributed by atoms with van der Waals surface area (Å²) in [7, 11) is 0. The molecule has 1 N–H and O–H groups in total. The fraction of sp³-hybridized carbons (Fsp3) is 0.222. The highest BCUT2D eigenvalue weighted by Crippen LogP contribution is 2.34. The molecule has 19 heavy (non-hydrogen) atoms. The van der Waals surface area contributed by atoms with E-state index in [9.17, 15) is 18.0 Å². The molecule has 1 aromatic heterocycles. The van der Waals surface area contributed by atoms with Crippen LogP contribution in [0.2, 0.25) is 5.15 Å². The monoisotopic (exact) mass is 313 g/mol. The molecule has 104 valence electrons. The van der Waals surface area contributed by atoms with Crippen LogP contribution < -0.4 is 0 Å². The van der Waals surface area contributed by atoms with Crippen LogP contribution in [0.4, 0.5) is 13.2 Å². The number of nitrogens with zero attached hydrogens (tertiary/aromatic N) is 3. The number of carboxylic acids is 1. The van der Waals surface area contributed by atoms with Gasteiger partial charge in [0, 0.05) is 12.4 Å². The van der Waals surface area contributed by atoms with Crippen molar-refractivity contribution in [2.45, 2.75) is 11.7 Å². The van der Waals surface area contributed by atoms with E-state index in [-0.39, 0.29) is 4.90 Å². The molecule has 0 aromatic carbocycles. The Morgan fingerprint density at radius 2 is 2.21 bits per heavy atom. The predicted molar refractivity (Wildman–Crippen MR) is 63.1 cm³/mol. The average Bonchev–Trinajstić information content (AvgIpc) is 2.79. The largest absolute Gasteiger partial charge is 0.485 e. The van der Waals surface area contributed by atoms with Crippen LogP contribution in [0, 0.1) is 0 Å². The zero-order valence-electron chi connectivity index (χ0n) is 9.08. The Morgan fingerprint density at radius 1 is 1.53 bits per heavy atom. The normalized spacial score (nSPS) is 17.9. The van der Waals surface area contributed by atoms with Crippen LogP contribution in [-0.4, -0.2) is 37.8 Å². The average molecular weight is 314 g/mol. The first-order chi connectivity index (χ1) is 8.82. The second-order valence-electron chi connectivity index (χ2n) is 3.03. The van der Waals surface area contributed by atoms with Gasteiger partial charge in [-0.15, -0.1) is 5.10 Å². The summed E-state index contributed by atoms with van der Waals surface area (Å²) in [5, 5.41) is 15.3. The van der Waals surface area contributed by atoms with Gasteiger partial charge in [-0.25, -0.2) is 4.79 Å². The first-order valence-corrected chi connectivity index (χ1v) is 5.97. The van der Waals surface area contributed by atoms with Crippen molar-refractivity contribution >= 4 is 29.3 Å². The van der Waals surface area contributed by atoms with Gasteiger partial charge >= 0.3 is 12.3 Å². The highest BCUT2D eigenvalue weighted by molar-refractivity contribution is 8.03. The van der Waals surface area contributed by atoms with Gasteiger partial charge in [-0.1, -0.05) is 23.4 Å². The summed E-state index contributed by atoms with van der Waals surface area (Å²) in [4.78, 5) is 10.1. The van der Waals surface area contributed by atoms with Gasteiger partial charge in [-0.3, -0.25) is 4.90 Å². The molecule has 0 aliphatic carbocycles. The number of aliphatic carboxylic acids is 1. The highest BCUT2D eigenvalue weighted by Gasteiger charge is 2.45. The zero-order valence-corrected chi connectivity index (χ0v) is 10.7. The van der Waals surface area contributed by atoms with Crippen molar-refractivity contribution in [1.29, 1.82) is 0 Å². The summed E-state index contributed by atoms with van der Waals surface area (Å²) in [6, 6.07) is 3.41. The van der Waals surface area contributed by atoms with Gasteiger partial charge in [-0.2, -0.15) is 18.3 Å². The number of aromatic nitrogens is 2. The van der Waals surface area contributed by atoms with Crippen molar-refractivity contribution in [1.82, 2.24) is 15.1 Å². The molecule has 1 aromatic rings. The summed E-state index contributed by atoms with van der Waals surface area (Å²) in [5.74, 6) is -1.50. The summed E-state index contributed by atoms with van der Waals surface area (Å²) < 4.78 is 35.9. The number of alkyl halides is 3. The zero-order chi connectivity index (χ0) is 14.5. The Hall–Kier alpha value is -1.48. The molecule has 1 aliphatic rings. The summed E-state index contributed by atoms with van der Waals surface area (Å²) in [6.45, 7) is 0. The van der Waals surface area contributed by atoms with Crippen LogP contribution in [-0.2, 0) is 4.79 Å². The van der Waals surface area contributed by atoms with E-state index in [2.05, 4.69) is 10.2 Å². The third-order valence-corrected chi connectivity index (χ3v) is 2.89. The SMILES string of the molecule is Clc1cccnn1.O=C(O)C1SC=CN1C(F)(F)F. The molecule has 0 saturated carbocycles. The van der Waals surface area contributed by atoms with Gasteiger partial charge in [0.15, 0.2) is 10.5 Å². The smallest absolute Gasteiger partial charge is 0.479 e. The van der Waals surface area contributed by atoms with E-state index < -0.39 is 17.6 Å². The van der Waals surface area contributed by atoms with Gasteiger partial charge < -0.3 is 5.11 Å². The quantitative estimate of drug-likeness (QED) is 0.804.